The van der Waals surface area contributed by atoms with Gasteiger partial charge in [-0.2, -0.15) is 0 Å². The lowest BCUT2D eigenvalue weighted by Gasteiger charge is -2.11. The van der Waals surface area contributed by atoms with Crippen LogP contribution in [-0.4, -0.2) is 7.11 Å². The lowest BCUT2D eigenvalue weighted by atomic mass is 10.1. The molecule has 0 bridgehead atoms. The van der Waals surface area contributed by atoms with E-state index >= 15 is 0 Å². The summed E-state index contributed by atoms with van der Waals surface area (Å²) >= 11 is 12.4. The second-order valence-electron chi connectivity index (χ2n) is 3.63. The minimum Gasteiger partial charge on any atom is -0.497 e. The topological polar surface area (TPSA) is 9.23 Å². The molecule has 0 heterocycles. The van der Waals surface area contributed by atoms with Gasteiger partial charge in [0.15, 0.2) is 0 Å². The summed E-state index contributed by atoms with van der Waals surface area (Å²) in [7, 11) is 1.63. The number of alkyl halides is 1. The minimum absolute atomic E-state index is 0.0633. The third-order valence-electron chi connectivity index (χ3n) is 2.54. The van der Waals surface area contributed by atoms with Gasteiger partial charge in [0.25, 0.3) is 0 Å². The monoisotopic (exact) mass is 230 g/mol. The summed E-state index contributed by atoms with van der Waals surface area (Å²) in [6.07, 6.45) is 2.44. The van der Waals surface area contributed by atoms with Gasteiger partial charge in [-0.05, 0) is 36.5 Å². The molecule has 0 spiro atoms. The zero-order chi connectivity index (χ0) is 10.1. The quantitative estimate of drug-likeness (QED) is 0.713. The second-order valence-corrected chi connectivity index (χ2v) is 4.50. The molecule has 76 valence electrons. The summed E-state index contributed by atoms with van der Waals surface area (Å²) in [6, 6.07) is 5.67. The third-order valence-corrected chi connectivity index (χ3v) is 3.46. The summed E-state index contributed by atoms with van der Waals surface area (Å²) in [5.74, 6) is 1.39. The zero-order valence-corrected chi connectivity index (χ0v) is 9.48. The number of benzene rings is 1. The van der Waals surface area contributed by atoms with E-state index in [1.165, 1.54) is 12.8 Å². The van der Waals surface area contributed by atoms with Crippen LogP contribution in [0.5, 0.6) is 5.75 Å². The molecule has 0 aromatic heterocycles. The smallest absolute Gasteiger partial charge is 0.120 e. The molecule has 2 rings (SSSR count). The van der Waals surface area contributed by atoms with Gasteiger partial charge in [0.05, 0.1) is 12.5 Å². The summed E-state index contributed by atoms with van der Waals surface area (Å²) in [4.78, 5) is 0. The average Bonchev–Trinajstić information content (AvgIpc) is 3.00. The lowest BCUT2D eigenvalue weighted by molar-refractivity contribution is 0.414. The van der Waals surface area contributed by atoms with E-state index in [1.807, 2.05) is 18.2 Å². The third kappa shape index (κ3) is 1.99. The molecule has 0 saturated heterocycles. The Kier molecular flexibility index (Phi) is 2.89. The molecule has 1 aromatic rings. The maximum absolute atomic E-state index is 6.28. The Morgan fingerprint density at radius 3 is 2.64 bits per heavy atom. The van der Waals surface area contributed by atoms with Gasteiger partial charge >= 0.3 is 0 Å². The van der Waals surface area contributed by atoms with Crippen molar-refractivity contribution in [2.24, 2.45) is 5.92 Å². The Labute approximate surface area is 94.0 Å². The zero-order valence-electron chi connectivity index (χ0n) is 7.97. The molecule has 0 aliphatic heterocycles. The predicted octanol–water partition coefficient (Wildman–Crippen LogP) is 4.04. The van der Waals surface area contributed by atoms with E-state index in [-0.39, 0.29) is 5.38 Å². The van der Waals surface area contributed by atoms with E-state index in [9.17, 15) is 0 Å². The maximum atomic E-state index is 6.28. The molecule has 0 amide bonds. The first-order chi connectivity index (χ1) is 6.72. The largest absolute Gasteiger partial charge is 0.497 e. The van der Waals surface area contributed by atoms with Crippen molar-refractivity contribution in [3.05, 3.63) is 28.8 Å². The Bertz CT molecular complexity index is 334. The summed E-state index contributed by atoms with van der Waals surface area (Å²) in [5, 5.41) is 0.768. The van der Waals surface area contributed by atoms with Gasteiger partial charge in [-0.1, -0.05) is 17.7 Å². The van der Waals surface area contributed by atoms with Crippen molar-refractivity contribution in [2.75, 3.05) is 7.11 Å². The van der Waals surface area contributed by atoms with Crippen molar-refractivity contribution >= 4 is 23.2 Å². The SMILES string of the molecule is COc1ccc(C(Cl)C2CC2)c(Cl)c1. The molecule has 0 radical (unpaired) electrons. The van der Waals surface area contributed by atoms with Crippen LogP contribution in [0, 0.1) is 5.92 Å². The number of ether oxygens (including phenoxy) is 1. The summed E-state index contributed by atoms with van der Waals surface area (Å²) in [6.45, 7) is 0. The number of hydrogen-bond donors (Lipinski definition) is 0. The number of rotatable bonds is 3. The minimum atomic E-state index is 0.0633. The van der Waals surface area contributed by atoms with E-state index in [0.717, 1.165) is 11.3 Å². The molecule has 1 aromatic carbocycles. The van der Waals surface area contributed by atoms with Crippen molar-refractivity contribution in [2.45, 2.75) is 18.2 Å². The van der Waals surface area contributed by atoms with Crippen LogP contribution in [-0.2, 0) is 0 Å². The van der Waals surface area contributed by atoms with Crippen LogP contribution in [0.1, 0.15) is 23.8 Å². The van der Waals surface area contributed by atoms with Crippen LogP contribution in [0.4, 0.5) is 0 Å². The van der Waals surface area contributed by atoms with Crippen LogP contribution in [0.2, 0.25) is 5.02 Å². The van der Waals surface area contributed by atoms with Crippen molar-refractivity contribution in [3.8, 4) is 5.75 Å². The molecular formula is C11H12Cl2O. The van der Waals surface area contributed by atoms with Crippen LogP contribution in [0.3, 0.4) is 0 Å². The fourth-order valence-corrected chi connectivity index (χ4v) is 2.29. The molecule has 1 saturated carbocycles. The molecular weight excluding hydrogens is 219 g/mol. The standard InChI is InChI=1S/C11H12Cl2O/c1-14-8-4-5-9(10(12)6-8)11(13)7-2-3-7/h4-7,11H,2-3H2,1H3. The molecule has 0 N–H and O–H groups in total. The van der Waals surface area contributed by atoms with E-state index in [2.05, 4.69) is 0 Å². The van der Waals surface area contributed by atoms with Gasteiger partial charge in [-0.25, -0.2) is 0 Å². The molecule has 1 nitrogen and oxygen atoms in total. The van der Waals surface area contributed by atoms with Crippen LogP contribution in [0.15, 0.2) is 18.2 Å². The van der Waals surface area contributed by atoms with Gasteiger partial charge in [-0.3, -0.25) is 0 Å². The number of methoxy groups -OCH3 is 1. The molecule has 3 heteroatoms. The number of hydrogen-bond acceptors (Lipinski definition) is 1. The first kappa shape index (κ1) is 10.1. The Balaban J connectivity index is 2.24. The molecule has 1 aliphatic rings. The molecule has 1 fully saturated rings. The van der Waals surface area contributed by atoms with Crippen molar-refractivity contribution in [1.82, 2.24) is 0 Å². The molecule has 14 heavy (non-hydrogen) atoms. The van der Waals surface area contributed by atoms with Crippen LogP contribution < -0.4 is 4.74 Å². The Hall–Kier alpha value is -0.400. The molecule has 1 aliphatic carbocycles. The van der Waals surface area contributed by atoms with E-state index in [4.69, 9.17) is 27.9 Å². The first-order valence-electron chi connectivity index (χ1n) is 4.70. The highest BCUT2D eigenvalue weighted by molar-refractivity contribution is 6.33. The van der Waals surface area contributed by atoms with Gasteiger partial charge in [0, 0.05) is 5.02 Å². The maximum Gasteiger partial charge on any atom is 0.120 e. The van der Waals surface area contributed by atoms with E-state index in [0.29, 0.717) is 10.9 Å². The van der Waals surface area contributed by atoms with Crippen LogP contribution in [0.25, 0.3) is 0 Å². The summed E-state index contributed by atoms with van der Waals surface area (Å²) in [5.41, 5.74) is 1.02. The summed E-state index contributed by atoms with van der Waals surface area (Å²) < 4.78 is 5.08. The first-order valence-corrected chi connectivity index (χ1v) is 5.51. The Morgan fingerprint density at radius 2 is 2.14 bits per heavy atom. The van der Waals surface area contributed by atoms with Gasteiger partial charge in [-0.15, -0.1) is 11.6 Å². The fourth-order valence-electron chi connectivity index (χ4n) is 1.50. The van der Waals surface area contributed by atoms with Crippen LogP contribution >= 0.6 is 23.2 Å². The van der Waals surface area contributed by atoms with E-state index < -0.39 is 0 Å². The average molecular weight is 231 g/mol. The molecule has 1 atom stereocenters. The van der Waals surface area contributed by atoms with Gasteiger partial charge in [0.2, 0.25) is 0 Å². The lowest BCUT2D eigenvalue weighted by Crippen LogP contribution is -1.94. The highest BCUT2D eigenvalue weighted by atomic mass is 35.5. The van der Waals surface area contributed by atoms with Crippen molar-refractivity contribution < 1.29 is 4.74 Å². The fraction of sp³-hybridized carbons (Fsp3) is 0.455. The van der Waals surface area contributed by atoms with E-state index in [1.54, 1.807) is 7.11 Å². The van der Waals surface area contributed by atoms with Crippen molar-refractivity contribution in [1.29, 1.82) is 0 Å². The highest BCUT2D eigenvalue weighted by Crippen LogP contribution is 2.47. The second kappa shape index (κ2) is 4.00. The normalized spacial score (nSPS) is 17.9. The predicted molar refractivity (Wildman–Crippen MR) is 59.3 cm³/mol. The molecule has 1 unspecified atom stereocenters. The number of halogens is 2. The highest BCUT2D eigenvalue weighted by Gasteiger charge is 2.31. The van der Waals surface area contributed by atoms with Gasteiger partial charge < -0.3 is 4.74 Å². The Morgan fingerprint density at radius 1 is 1.43 bits per heavy atom. The van der Waals surface area contributed by atoms with Crippen molar-refractivity contribution in [3.63, 3.8) is 0 Å². The van der Waals surface area contributed by atoms with Gasteiger partial charge in [0.1, 0.15) is 5.75 Å².